The Bertz CT molecular complexity index is 2450. The first-order chi connectivity index (χ1) is 31.6. The Morgan fingerprint density at radius 1 is 0.910 bits per heavy atom. The summed E-state index contributed by atoms with van der Waals surface area (Å²) in [6, 6.07) is 10.2. The molecule has 3 aromatic carbocycles. The summed E-state index contributed by atoms with van der Waals surface area (Å²) in [5.74, 6) is -8.01. The fourth-order valence-corrected chi connectivity index (χ4v) is 10.1. The van der Waals surface area contributed by atoms with Crippen molar-refractivity contribution in [1.82, 2.24) is 5.01 Å². The molecule has 1 unspecified atom stereocenters. The van der Waals surface area contributed by atoms with Crippen LogP contribution in [0.15, 0.2) is 71.6 Å². The van der Waals surface area contributed by atoms with Gasteiger partial charge < -0.3 is 49.8 Å². The highest BCUT2D eigenvalue weighted by atomic mass is 16.7. The Balaban J connectivity index is 1.49. The number of esters is 1. The lowest BCUT2D eigenvalue weighted by atomic mass is 9.78. The van der Waals surface area contributed by atoms with Crippen LogP contribution in [0, 0.1) is 36.5 Å². The van der Waals surface area contributed by atoms with E-state index in [4.69, 9.17) is 24.0 Å². The predicted octanol–water partition coefficient (Wildman–Crippen LogP) is 7.82. The number of allylic oxidation sites excluding steroid dienone is 2. The number of phenolic OH excluding ortho intramolecular Hbond substituents is 3. The smallest absolute Gasteiger partial charge is 0.312 e. The van der Waals surface area contributed by atoms with E-state index in [2.05, 4.69) is 31.3 Å². The quantitative estimate of drug-likeness (QED) is 0.0603. The number of ether oxygens (including phenoxy) is 4. The summed E-state index contributed by atoms with van der Waals surface area (Å²) in [7, 11) is 1.44. The molecule has 67 heavy (non-hydrogen) atoms. The molecule has 15 nitrogen and oxygen atoms in total. The lowest BCUT2D eigenvalue weighted by molar-refractivity contribution is -0.160. The zero-order valence-electron chi connectivity index (χ0n) is 40.3. The Hall–Kier alpha value is -5.90. The van der Waals surface area contributed by atoms with Gasteiger partial charge in [-0.1, -0.05) is 76.3 Å². The highest BCUT2D eigenvalue weighted by Gasteiger charge is 2.50. The van der Waals surface area contributed by atoms with Crippen molar-refractivity contribution in [2.45, 2.75) is 131 Å². The van der Waals surface area contributed by atoms with E-state index in [1.54, 1.807) is 39.8 Å². The SMILES string of the molecule is CO[C@@H]1C=CO[C@@]2(C)Oc3c(C)c(O)c4c(O)c(c(C=NN5[C@H](C)CC(Cc6ccccc6)C[C@@H]5C)c(O)c4c3C2=O)NC(=O)C(C)=CC=C[C@H](C)[C@H](O)[C@H](C)[C@H](O)[C@H](C)[C@@H](OC(C)=O)[C@H]1C. The van der Waals surface area contributed by atoms with Crippen LogP contribution in [0.25, 0.3) is 10.8 Å². The fraction of sp³-hybridized carbons (Fsp3) is 0.500. The number of fused-ring (bicyclic) bond motifs is 14. The van der Waals surface area contributed by atoms with Crippen LogP contribution in [-0.4, -0.2) is 104 Å². The number of aliphatic hydroxyl groups is 2. The van der Waals surface area contributed by atoms with Crippen molar-refractivity contribution < 1.29 is 58.9 Å². The molecule has 0 spiro atoms. The van der Waals surface area contributed by atoms with Gasteiger partial charge >= 0.3 is 11.8 Å². The van der Waals surface area contributed by atoms with Crippen molar-refractivity contribution in [2.75, 3.05) is 12.4 Å². The average molecular weight is 926 g/mol. The number of nitrogens with zero attached hydrogens (tertiary/aromatic N) is 2. The number of amides is 1. The molecular weight excluding hydrogens is 859 g/mol. The van der Waals surface area contributed by atoms with Crippen LogP contribution in [0.5, 0.6) is 23.0 Å². The second-order valence-corrected chi connectivity index (χ2v) is 19.0. The van der Waals surface area contributed by atoms with Crippen molar-refractivity contribution in [3.05, 3.63) is 88.7 Å². The minimum atomic E-state index is -2.06. The number of carbonyl (C=O) groups is 3. The molecule has 4 aliphatic heterocycles. The van der Waals surface area contributed by atoms with E-state index >= 15 is 0 Å². The van der Waals surface area contributed by atoms with Crippen molar-refractivity contribution in [3.63, 3.8) is 0 Å². The third-order valence-electron chi connectivity index (χ3n) is 14.0. The van der Waals surface area contributed by atoms with Gasteiger partial charge in [0, 0.05) is 73.2 Å². The zero-order chi connectivity index (χ0) is 49.2. The van der Waals surface area contributed by atoms with Crippen molar-refractivity contribution in [1.29, 1.82) is 0 Å². The van der Waals surface area contributed by atoms with Crippen molar-refractivity contribution >= 4 is 40.3 Å². The summed E-state index contributed by atoms with van der Waals surface area (Å²) in [4.78, 5) is 41.1. The van der Waals surface area contributed by atoms with Crippen molar-refractivity contribution in [2.24, 2.45) is 34.7 Å². The number of methoxy groups -OCH3 is 1. The van der Waals surface area contributed by atoms with Gasteiger partial charge in [-0.3, -0.25) is 19.4 Å². The molecule has 0 radical (unpaired) electrons. The minimum Gasteiger partial charge on any atom is -0.507 e. The highest BCUT2D eigenvalue weighted by Crippen LogP contribution is 2.55. The number of phenols is 3. The molecule has 15 heteroatoms. The van der Waals surface area contributed by atoms with Gasteiger partial charge in [0.15, 0.2) is 5.75 Å². The molecule has 0 aromatic heterocycles. The summed E-state index contributed by atoms with van der Waals surface area (Å²) < 4.78 is 23.8. The number of carbonyl (C=O) groups excluding carboxylic acids is 3. The molecule has 1 saturated heterocycles. The van der Waals surface area contributed by atoms with E-state index in [9.17, 15) is 39.9 Å². The number of nitrogens with one attached hydrogen (secondary N) is 1. The van der Waals surface area contributed by atoms with Gasteiger partial charge in [0.1, 0.15) is 23.4 Å². The molecule has 6 N–H and O–H groups in total. The first-order valence-corrected chi connectivity index (χ1v) is 23.1. The largest absolute Gasteiger partial charge is 0.507 e. The molecule has 12 atom stereocenters. The molecule has 5 bridgehead atoms. The lowest BCUT2D eigenvalue weighted by Gasteiger charge is -2.41. The summed E-state index contributed by atoms with van der Waals surface area (Å²) >= 11 is 0. The van der Waals surface area contributed by atoms with Gasteiger partial charge in [0.05, 0.1) is 53.0 Å². The Morgan fingerprint density at radius 3 is 2.19 bits per heavy atom. The molecule has 0 saturated carbocycles. The van der Waals surface area contributed by atoms with E-state index in [1.165, 1.54) is 65.0 Å². The molecule has 1 fully saturated rings. The van der Waals surface area contributed by atoms with Gasteiger partial charge in [-0.05, 0) is 64.5 Å². The fourth-order valence-electron chi connectivity index (χ4n) is 10.1. The van der Waals surface area contributed by atoms with E-state index in [0.717, 1.165) is 19.3 Å². The number of aliphatic hydroxyl groups excluding tert-OH is 2. The third kappa shape index (κ3) is 10.2. The summed E-state index contributed by atoms with van der Waals surface area (Å²) in [6.45, 7) is 16.7. The maximum absolute atomic E-state index is 14.6. The molecular formula is C52H67N3O12. The van der Waals surface area contributed by atoms with Crippen LogP contribution < -0.4 is 10.1 Å². The number of Topliss-reactive ketones (excluding diaryl/α,β-unsaturated/α-hetero) is 1. The molecule has 362 valence electrons. The number of piperidine rings is 1. The molecule has 7 rings (SSSR count). The molecule has 4 aliphatic rings. The molecule has 1 amide bonds. The average Bonchev–Trinajstić information content (AvgIpc) is 3.55. The van der Waals surface area contributed by atoms with Gasteiger partial charge in [0.2, 0.25) is 0 Å². The normalized spacial score (nSPS) is 30.9. The number of rotatable bonds is 6. The number of benzene rings is 3. The summed E-state index contributed by atoms with van der Waals surface area (Å²) in [5.41, 5.74) is 0.900. The van der Waals surface area contributed by atoms with Crippen molar-refractivity contribution in [3.8, 4) is 23.0 Å². The Kier molecular flexibility index (Phi) is 15.5. The van der Waals surface area contributed by atoms with Gasteiger partial charge in [-0.25, -0.2) is 0 Å². The minimum absolute atomic E-state index is 0.0328. The number of aromatic hydroxyl groups is 3. The van der Waals surface area contributed by atoms with Crippen LogP contribution in [0.2, 0.25) is 0 Å². The maximum Gasteiger partial charge on any atom is 0.312 e. The highest BCUT2D eigenvalue weighted by molar-refractivity contribution is 6.23. The first-order valence-electron chi connectivity index (χ1n) is 23.1. The number of hydrogen-bond donors (Lipinski definition) is 6. The van der Waals surface area contributed by atoms with Gasteiger partial charge in [0.25, 0.3) is 11.7 Å². The molecule has 0 aliphatic carbocycles. The zero-order valence-corrected chi connectivity index (χ0v) is 40.3. The predicted molar refractivity (Wildman–Crippen MR) is 255 cm³/mol. The first kappa shape index (κ1) is 50.5. The van der Waals surface area contributed by atoms with E-state index in [1.807, 2.05) is 23.2 Å². The lowest BCUT2D eigenvalue weighted by Crippen LogP contribution is -2.46. The van der Waals surface area contributed by atoms with E-state index in [-0.39, 0.29) is 56.6 Å². The van der Waals surface area contributed by atoms with E-state index < -0.39 is 88.8 Å². The van der Waals surface area contributed by atoms with Crippen LogP contribution in [0.4, 0.5) is 5.69 Å². The topological polar surface area (TPSA) is 217 Å². The van der Waals surface area contributed by atoms with E-state index in [0.29, 0.717) is 5.92 Å². The summed E-state index contributed by atoms with van der Waals surface area (Å²) in [6.07, 6.45) is 7.51. The maximum atomic E-state index is 14.6. The number of hydrazone groups is 1. The van der Waals surface area contributed by atoms with Gasteiger partial charge in [-0.15, -0.1) is 0 Å². The van der Waals surface area contributed by atoms with Gasteiger partial charge in [-0.2, -0.15) is 5.10 Å². The Morgan fingerprint density at radius 2 is 1.57 bits per heavy atom. The second-order valence-electron chi connectivity index (χ2n) is 19.0. The summed E-state index contributed by atoms with van der Waals surface area (Å²) in [5, 5.41) is 68.3. The van der Waals surface area contributed by atoms with Crippen LogP contribution in [-0.2, 0) is 30.2 Å². The number of hydrogen-bond acceptors (Lipinski definition) is 14. The van der Waals surface area contributed by atoms with Crippen LogP contribution >= 0.6 is 0 Å². The second kappa shape index (κ2) is 20.5. The monoisotopic (exact) mass is 925 g/mol. The van der Waals surface area contributed by atoms with Crippen LogP contribution in [0.3, 0.4) is 0 Å². The molecule has 4 heterocycles. The third-order valence-corrected chi connectivity index (χ3v) is 14.0. The van der Waals surface area contributed by atoms with Crippen LogP contribution in [0.1, 0.15) is 102 Å². The number of ketones is 1. The standard InChI is InChI=1S/C52H67N3O12/c1-26-16-15-17-27(2)51(63)54-42-37(25-53-55-28(3)22-36(23-29(55)4)24-35-18-13-12-14-19-35)46(60)39-40(47(42)61)45(59)33(8)49-41(39)50(62)52(10,67-49)65-21-20-38(64-11)30(5)48(66-34(9)56)32(7)44(58)31(6)43(26)57/h12-21,25-26,28-32,36,38,43-44,48,57-61H,22-24H2,1-11H3,(H,54,63)/t26-,28-,29+,30-,31-,32-,36?,38+,43-,44-,48-,52-/m0/s1. The molecule has 3 aromatic rings. The number of anilines is 1. The Labute approximate surface area is 392 Å².